The molecule has 1 heterocycles. The molecule has 6 nitrogen and oxygen atoms in total. The van der Waals surface area contributed by atoms with Crippen LogP contribution in [0.2, 0.25) is 0 Å². The van der Waals surface area contributed by atoms with E-state index in [2.05, 4.69) is 36.5 Å². The quantitative estimate of drug-likeness (QED) is 0.618. The van der Waals surface area contributed by atoms with Crippen molar-refractivity contribution in [2.45, 2.75) is 58.0 Å². The maximum atomic E-state index is 12.2. The standard InChI is InChI=1S/C22H32N2O4/c1-3-17-4-6-18(7-5-17)16-19-8-10-22(2,11-9-19)27-20(25)21(26)28-24-14-12-23-13-15-24/h4-7,19,23H,3,8-16H2,1-2H3. The van der Waals surface area contributed by atoms with E-state index in [4.69, 9.17) is 9.57 Å². The summed E-state index contributed by atoms with van der Waals surface area (Å²) < 4.78 is 5.56. The number of carbonyl (C=O) groups excluding carboxylic acids is 2. The molecule has 0 unspecified atom stereocenters. The van der Waals surface area contributed by atoms with Gasteiger partial charge in [0.05, 0.1) is 0 Å². The largest absolute Gasteiger partial charge is 0.451 e. The molecule has 154 valence electrons. The van der Waals surface area contributed by atoms with Crippen molar-refractivity contribution in [1.29, 1.82) is 0 Å². The summed E-state index contributed by atoms with van der Waals surface area (Å²) in [6.07, 6.45) is 5.65. The Bertz CT molecular complexity index is 660. The van der Waals surface area contributed by atoms with Crippen LogP contribution in [0.4, 0.5) is 0 Å². The van der Waals surface area contributed by atoms with Gasteiger partial charge in [0.25, 0.3) is 0 Å². The third-order valence-electron chi connectivity index (χ3n) is 5.91. The van der Waals surface area contributed by atoms with Gasteiger partial charge in [0.15, 0.2) is 0 Å². The fraction of sp³-hybridized carbons (Fsp3) is 0.636. The molecule has 1 N–H and O–H groups in total. The van der Waals surface area contributed by atoms with Crippen LogP contribution in [0.5, 0.6) is 0 Å². The predicted octanol–water partition coefficient (Wildman–Crippen LogP) is 2.65. The second kappa shape index (κ2) is 9.52. The molecule has 1 aromatic carbocycles. The smallest absolute Gasteiger partial charge is 0.436 e. The highest BCUT2D eigenvalue weighted by Gasteiger charge is 2.37. The molecule has 28 heavy (non-hydrogen) atoms. The fourth-order valence-electron chi connectivity index (χ4n) is 3.99. The lowest BCUT2D eigenvalue weighted by Gasteiger charge is -2.36. The van der Waals surface area contributed by atoms with Gasteiger partial charge in [-0.15, -0.1) is 5.06 Å². The van der Waals surface area contributed by atoms with Gasteiger partial charge in [0.1, 0.15) is 5.60 Å². The van der Waals surface area contributed by atoms with E-state index in [1.54, 1.807) is 0 Å². The van der Waals surface area contributed by atoms with Gasteiger partial charge < -0.3 is 14.9 Å². The molecule has 1 saturated carbocycles. The van der Waals surface area contributed by atoms with Crippen molar-refractivity contribution in [3.8, 4) is 0 Å². The van der Waals surface area contributed by atoms with Gasteiger partial charge in [-0.1, -0.05) is 31.2 Å². The Hall–Kier alpha value is -1.92. The molecule has 1 aromatic rings. The van der Waals surface area contributed by atoms with E-state index in [1.165, 1.54) is 16.2 Å². The van der Waals surface area contributed by atoms with Gasteiger partial charge in [-0.2, -0.15) is 0 Å². The summed E-state index contributed by atoms with van der Waals surface area (Å²) in [6.45, 7) is 6.73. The summed E-state index contributed by atoms with van der Waals surface area (Å²) in [7, 11) is 0. The summed E-state index contributed by atoms with van der Waals surface area (Å²) in [5.74, 6) is -1.21. The maximum Gasteiger partial charge on any atom is 0.436 e. The minimum atomic E-state index is -0.915. The SMILES string of the molecule is CCc1ccc(CC2CCC(C)(OC(=O)C(=O)ON3CCNCC3)CC2)cc1. The van der Waals surface area contributed by atoms with Crippen LogP contribution in [0.1, 0.15) is 50.7 Å². The number of hydrogen-bond donors (Lipinski definition) is 1. The first kappa shape index (κ1) is 20.8. The molecule has 0 amide bonds. The molecule has 3 rings (SSSR count). The molecule has 2 aliphatic rings. The zero-order valence-corrected chi connectivity index (χ0v) is 17.0. The predicted molar refractivity (Wildman–Crippen MR) is 107 cm³/mol. The number of nitrogens with zero attached hydrogens (tertiary/aromatic N) is 1. The monoisotopic (exact) mass is 388 g/mol. The topological polar surface area (TPSA) is 67.9 Å². The van der Waals surface area contributed by atoms with Crippen molar-refractivity contribution in [2.75, 3.05) is 26.2 Å². The van der Waals surface area contributed by atoms with Crippen LogP contribution >= 0.6 is 0 Å². The maximum absolute atomic E-state index is 12.2. The van der Waals surface area contributed by atoms with Crippen molar-refractivity contribution in [2.24, 2.45) is 5.92 Å². The molecule has 1 saturated heterocycles. The van der Waals surface area contributed by atoms with Crippen molar-refractivity contribution < 1.29 is 19.2 Å². The highest BCUT2D eigenvalue weighted by Crippen LogP contribution is 2.36. The van der Waals surface area contributed by atoms with E-state index in [0.717, 1.165) is 51.6 Å². The van der Waals surface area contributed by atoms with Crippen LogP contribution < -0.4 is 5.32 Å². The zero-order chi connectivity index (χ0) is 20.0. The number of nitrogens with one attached hydrogen (secondary N) is 1. The molecule has 0 aromatic heterocycles. The van der Waals surface area contributed by atoms with Crippen LogP contribution in [-0.2, 0) is 32.0 Å². The van der Waals surface area contributed by atoms with E-state index in [1.807, 2.05) is 6.92 Å². The normalized spacial score (nSPS) is 25.9. The Labute approximate surface area is 167 Å². The second-order valence-electron chi connectivity index (χ2n) is 8.21. The Balaban J connectivity index is 1.44. The van der Waals surface area contributed by atoms with E-state index in [-0.39, 0.29) is 0 Å². The van der Waals surface area contributed by atoms with Gasteiger partial charge in [0.2, 0.25) is 0 Å². The van der Waals surface area contributed by atoms with E-state index in [0.29, 0.717) is 19.0 Å². The van der Waals surface area contributed by atoms with E-state index >= 15 is 0 Å². The first-order valence-electron chi connectivity index (χ1n) is 10.5. The third kappa shape index (κ3) is 5.79. The lowest BCUT2D eigenvalue weighted by Crippen LogP contribution is -2.46. The van der Waals surface area contributed by atoms with Gasteiger partial charge in [-0.05, 0) is 62.5 Å². The molecule has 0 radical (unpaired) electrons. The zero-order valence-electron chi connectivity index (χ0n) is 17.0. The average Bonchev–Trinajstić information content (AvgIpc) is 2.71. The lowest BCUT2D eigenvalue weighted by atomic mass is 9.77. The first-order chi connectivity index (χ1) is 13.5. The molecule has 2 fully saturated rings. The molecule has 0 bridgehead atoms. The summed E-state index contributed by atoms with van der Waals surface area (Å²) >= 11 is 0. The number of piperazine rings is 1. The third-order valence-corrected chi connectivity index (χ3v) is 5.91. The Morgan fingerprint density at radius 2 is 1.68 bits per heavy atom. The Morgan fingerprint density at radius 1 is 1.07 bits per heavy atom. The summed E-state index contributed by atoms with van der Waals surface area (Å²) in [5, 5.41) is 4.68. The highest BCUT2D eigenvalue weighted by atomic mass is 16.7. The first-order valence-corrected chi connectivity index (χ1v) is 10.5. The number of esters is 1. The highest BCUT2D eigenvalue weighted by molar-refractivity contribution is 6.29. The molecule has 6 heteroatoms. The number of ether oxygens (including phenoxy) is 1. The second-order valence-corrected chi connectivity index (χ2v) is 8.21. The van der Waals surface area contributed by atoms with Crippen LogP contribution in [-0.4, -0.2) is 48.8 Å². The number of hydrogen-bond acceptors (Lipinski definition) is 6. The van der Waals surface area contributed by atoms with Crippen LogP contribution in [0.25, 0.3) is 0 Å². The summed E-state index contributed by atoms with van der Waals surface area (Å²) in [5.41, 5.74) is 2.14. The van der Waals surface area contributed by atoms with Gasteiger partial charge >= 0.3 is 11.9 Å². The number of benzene rings is 1. The summed E-state index contributed by atoms with van der Waals surface area (Å²) in [4.78, 5) is 29.3. The Kier molecular flexibility index (Phi) is 7.08. The van der Waals surface area contributed by atoms with Gasteiger partial charge in [-0.3, -0.25) is 0 Å². The van der Waals surface area contributed by atoms with Crippen LogP contribution in [0.15, 0.2) is 24.3 Å². The summed E-state index contributed by atoms with van der Waals surface area (Å²) in [6, 6.07) is 8.85. The van der Waals surface area contributed by atoms with Crippen LogP contribution in [0.3, 0.4) is 0 Å². The van der Waals surface area contributed by atoms with Gasteiger partial charge in [0, 0.05) is 26.2 Å². The van der Waals surface area contributed by atoms with E-state index < -0.39 is 17.5 Å². The van der Waals surface area contributed by atoms with Crippen molar-refractivity contribution in [1.82, 2.24) is 10.4 Å². The van der Waals surface area contributed by atoms with Crippen molar-refractivity contribution >= 4 is 11.9 Å². The molecule has 1 aliphatic carbocycles. The number of carbonyl (C=O) groups is 2. The average molecular weight is 389 g/mol. The lowest BCUT2D eigenvalue weighted by molar-refractivity contribution is -0.207. The van der Waals surface area contributed by atoms with E-state index in [9.17, 15) is 9.59 Å². The molecular formula is C22H32N2O4. The molecule has 0 spiro atoms. The van der Waals surface area contributed by atoms with Gasteiger partial charge in [-0.25, -0.2) is 9.59 Å². The minimum Gasteiger partial charge on any atom is -0.451 e. The van der Waals surface area contributed by atoms with Crippen molar-refractivity contribution in [3.05, 3.63) is 35.4 Å². The molecule has 1 aliphatic heterocycles. The minimum absolute atomic E-state index is 0.581. The van der Waals surface area contributed by atoms with Crippen molar-refractivity contribution in [3.63, 3.8) is 0 Å². The number of aryl methyl sites for hydroxylation is 1. The Morgan fingerprint density at radius 3 is 2.29 bits per heavy atom. The number of hydroxylamine groups is 2. The van der Waals surface area contributed by atoms with Crippen LogP contribution in [0, 0.1) is 5.92 Å². The molecular weight excluding hydrogens is 356 g/mol. The molecule has 0 atom stereocenters. The number of rotatable bonds is 5. The fourth-order valence-corrected chi connectivity index (χ4v) is 3.99.